The van der Waals surface area contributed by atoms with Gasteiger partial charge in [-0.05, 0) is 65.3 Å². The lowest BCUT2D eigenvalue weighted by molar-refractivity contribution is -0.192. The molecule has 2 aliphatic rings. The summed E-state index contributed by atoms with van der Waals surface area (Å²) in [4.78, 5) is 26.4. The Hall–Kier alpha value is -2.88. The predicted molar refractivity (Wildman–Crippen MR) is 120 cm³/mol. The van der Waals surface area contributed by atoms with Crippen LogP contribution in [0.1, 0.15) is 65.6 Å². The Morgan fingerprint density at radius 1 is 1.09 bits per heavy atom. The molecule has 3 heterocycles. The summed E-state index contributed by atoms with van der Waals surface area (Å²) in [6, 6.07) is 8.20. The number of aliphatic carboxylic acids is 1. The van der Waals surface area contributed by atoms with Crippen LogP contribution in [0.2, 0.25) is 0 Å². The van der Waals surface area contributed by atoms with Crippen LogP contribution in [-0.4, -0.2) is 62.4 Å². The van der Waals surface area contributed by atoms with Gasteiger partial charge in [0.05, 0.1) is 17.9 Å². The normalized spacial score (nSPS) is 16.3. The Labute approximate surface area is 197 Å². The van der Waals surface area contributed by atoms with Gasteiger partial charge < -0.3 is 10.0 Å². The zero-order chi connectivity index (χ0) is 25.0. The number of aromatic nitrogens is 2. The van der Waals surface area contributed by atoms with Crippen LogP contribution in [0.3, 0.4) is 0 Å². The number of carboxylic acid groups (broad SMARTS) is 1. The maximum absolute atomic E-state index is 13.0. The van der Waals surface area contributed by atoms with E-state index in [2.05, 4.69) is 23.4 Å². The molecular weight excluding hydrogens is 449 g/mol. The number of fused-ring (bicyclic) bond motifs is 1. The van der Waals surface area contributed by atoms with Gasteiger partial charge in [-0.1, -0.05) is 17.7 Å². The molecule has 186 valence electrons. The summed E-state index contributed by atoms with van der Waals surface area (Å²) in [5.41, 5.74) is 5.78. The van der Waals surface area contributed by atoms with Crippen molar-refractivity contribution >= 4 is 11.9 Å². The van der Waals surface area contributed by atoms with Crippen molar-refractivity contribution in [3.05, 3.63) is 52.3 Å². The first-order valence-corrected chi connectivity index (χ1v) is 11.4. The molecule has 0 aliphatic carbocycles. The molecule has 34 heavy (non-hydrogen) atoms. The third kappa shape index (κ3) is 6.16. The highest BCUT2D eigenvalue weighted by Gasteiger charge is 2.38. The Morgan fingerprint density at radius 3 is 2.21 bits per heavy atom. The number of benzene rings is 1. The Morgan fingerprint density at radius 2 is 1.68 bits per heavy atom. The van der Waals surface area contributed by atoms with Crippen molar-refractivity contribution in [2.24, 2.45) is 0 Å². The monoisotopic (exact) mass is 480 g/mol. The van der Waals surface area contributed by atoms with Gasteiger partial charge in [0.2, 0.25) is 0 Å². The number of alkyl halides is 3. The number of hydrogen-bond acceptors (Lipinski definition) is 4. The van der Waals surface area contributed by atoms with Crippen LogP contribution < -0.4 is 0 Å². The summed E-state index contributed by atoms with van der Waals surface area (Å²) in [6.07, 6.45) is -1.58. The summed E-state index contributed by atoms with van der Waals surface area (Å²) in [6.45, 7) is 11.1. The first kappa shape index (κ1) is 25.7. The minimum atomic E-state index is -5.08. The maximum atomic E-state index is 13.0. The summed E-state index contributed by atoms with van der Waals surface area (Å²) in [5.74, 6) is -2.63. The van der Waals surface area contributed by atoms with Crippen molar-refractivity contribution in [3.63, 3.8) is 0 Å². The third-order valence-corrected chi connectivity index (χ3v) is 6.06. The summed E-state index contributed by atoms with van der Waals surface area (Å²) >= 11 is 0. The molecule has 4 rings (SSSR count). The fraction of sp³-hybridized carbons (Fsp3) is 0.542. The molecule has 7 nitrogen and oxygen atoms in total. The lowest BCUT2D eigenvalue weighted by atomic mass is 10.0. The van der Waals surface area contributed by atoms with Gasteiger partial charge in [0, 0.05) is 30.3 Å². The smallest absolute Gasteiger partial charge is 0.475 e. The van der Waals surface area contributed by atoms with E-state index >= 15 is 0 Å². The Bertz CT molecular complexity index is 1010. The molecule has 1 aromatic carbocycles. The zero-order valence-electron chi connectivity index (χ0n) is 19.7. The van der Waals surface area contributed by atoms with Gasteiger partial charge in [0.1, 0.15) is 0 Å². The van der Waals surface area contributed by atoms with Gasteiger partial charge in [-0.25, -0.2) is 4.79 Å². The molecule has 0 saturated carbocycles. The van der Waals surface area contributed by atoms with Gasteiger partial charge in [-0.15, -0.1) is 0 Å². The molecule has 1 N–H and O–H groups in total. The molecule has 2 aliphatic heterocycles. The van der Waals surface area contributed by atoms with Gasteiger partial charge in [0.15, 0.2) is 0 Å². The van der Waals surface area contributed by atoms with Gasteiger partial charge in [-0.2, -0.15) is 18.3 Å². The third-order valence-electron chi connectivity index (χ3n) is 6.06. The quantitative estimate of drug-likeness (QED) is 0.710. The standard InChI is InChI=1S/C22H30N4O.C2HF3O2/c1-16(2)26-21-15-25(22(27)18-8-6-17(3)7-9-18)13-10-19(21)20(23-26)14-24-11-4-5-12-24;3-2(4,5)1(6)7/h6-9,16H,4-5,10-15H2,1-3H3;(H,6,7). The molecule has 0 spiro atoms. The molecule has 0 bridgehead atoms. The molecule has 0 atom stereocenters. The highest BCUT2D eigenvalue weighted by Crippen LogP contribution is 2.28. The molecule has 1 amide bonds. The van der Waals surface area contributed by atoms with Crippen molar-refractivity contribution in [3.8, 4) is 0 Å². The highest BCUT2D eigenvalue weighted by atomic mass is 19.4. The first-order valence-electron chi connectivity index (χ1n) is 11.4. The van der Waals surface area contributed by atoms with Crippen LogP contribution in [0.4, 0.5) is 13.2 Å². The van der Waals surface area contributed by atoms with Crippen molar-refractivity contribution in [1.82, 2.24) is 19.6 Å². The van der Waals surface area contributed by atoms with E-state index in [9.17, 15) is 18.0 Å². The number of aryl methyl sites for hydroxylation is 1. The van der Waals surface area contributed by atoms with Crippen LogP contribution in [-0.2, 0) is 24.3 Å². The number of carbonyl (C=O) groups is 2. The van der Waals surface area contributed by atoms with Crippen molar-refractivity contribution < 1.29 is 27.9 Å². The van der Waals surface area contributed by atoms with E-state index in [0.29, 0.717) is 12.6 Å². The van der Waals surface area contributed by atoms with E-state index in [1.165, 1.54) is 48.4 Å². The molecule has 0 unspecified atom stereocenters. The van der Waals surface area contributed by atoms with Crippen molar-refractivity contribution in [2.45, 2.75) is 65.3 Å². The number of nitrogens with zero attached hydrogens (tertiary/aromatic N) is 4. The van der Waals surface area contributed by atoms with Crippen LogP contribution in [0.25, 0.3) is 0 Å². The second-order valence-electron chi connectivity index (χ2n) is 9.04. The van der Waals surface area contributed by atoms with Crippen molar-refractivity contribution in [1.29, 1.82) is 0 Å². The Kier molecular flexibility index (Phi) is 8.01. The average Bonchev–Trinajstić information content (AvgIpc) is 3.41. The zero-order valence-corrected chi connectivity index (χ0v) is 19.7. The molecule has 0 radical (unpaired) electrons. The molecular formula is C24H31F3N4O3. The molecule has 1 fully saturated rings. The predicted octanol–water partition coefficient (Wildman–Crippen LogP) is 4.20. The van der Waals surface area contributed by atoms with E-state index < -0.39 is 12.1 Å². The van der Waals surface area contributed by atoms with E-state index in [4.69, 9.17) is 15.0 Å². The average molecular weight is 481 g/mol. The second kappa shape index (κ2) is 10.6. The van der Waals surface area contributed by atoms with Crippen LogP contribution >= 0.6 is 0 Å². The number of amides is 1. The molecule has 1 aromatic heterocycles. The summed E-state index contributed by atoms with van der Waals surface area (Å²) < 4.78 is 33.9. The fourth-order valence-corrected chi connectivity index (χ4v) is 4.28. The highest BCUT2D eigenvalue weighted by molar-refractivity contribution is 5.94. The van der Waals surface area contributed by atoms with Crippen LogP contribution in [0.15, 0.2) is 24.3 Å². The lowest BCUT2D eigenvalue weighted by Gasteiger charge is -2.29. The van der Waals surface area contributed by atoms with E-state index in [1.807, 2.05) is 36.1 Å². The number of carboxylic acids is 1. The molecule has 2 aromatic rings. The first-order chi connectivity index (χ1) is 16.0. The molecule has 10 heteroatoms. The van der Waals surface area contributed by atoms with E-state index in [0.717, 1.165) is 25.1 Å². The number of carbonyl (C=O) groups excluding carboxylic acids is 1. The summed E-state index contributed by atoms with van der Waals surface area (Å²) in [5, 5.41) is 12.1. The van der Waals surface area contributed by atoms with Gasteiger partial charge in [-0.3, -0.25) is 14.4 Å². The number of hydrogen-bond donors (Lipinski definition) is 1. The number of halogens is 3. The number of likely N-dealkylation sites (tertiary alicyclic amines) is 1. The van der Waals surface area contributed by atoms with Crippen LogP contribution in [0.5, 0.6) is 0 Å². The second-order valence-corrected chi connectivity index (χ2v) is 9.04. The SMILES string of the molecule is Cc1ccc(C(=O)N2CCc3c(CN4CCCC4)nn(C(C)C)c3C2)cc1.O=C(O)C(F)(F)F. The maximum Gasteiger partial charge on any atom is 0.490 e. The van der Waals surface area contributed by atoms with E-state index in [1.54, 1.807) is 0 Å². The largest absolute Gasteiger partial charge is 0.490 e. The Balaban J connectivity index is 0.000000406. The summed E-state index contributed by atoms with van der Waals surface area (Å²) in [7, 11) is 0. The van der Waals surface area contributed by atoms with Crippen LogP contribution in [0, 0.1) is 6.92 Å². The minimum Gasteiger partial charge on any atom is -0.475 e. The van der Waals surface area contributed by atoms with Gasteiger partial charge in [0.25, 0.3) is 5.91 Å². The topological polar surface area (TPSA) is 78.7 Å². The van der Waals surface area contributed by atoms with E-state index in [-0.39, 0.29) is 5.91 Å². The molecule has 1 saturated heterocycles. The van der Waals surface area contributed by atoms with Gasteiger partial charge >= 0.3 is 12.1 Å². The fourth-order valence-electron chi connectivity index (χ4n) is 4.28. The minimum absolute atomic E-state index is 0.123. The van der Waals surface area contributed by atoms with Crippen molar-refractivity contribution in [2.75, 3.05) is 19.6 Å². The lowest BCUT2D eigenvalue weighted by Crippen LogP contribution is -2.37. The number of rotatable bonds is 4.